The van der Waals surface area contributed by atoms with Crippen molar-refractivity contribution in [3.05, 3.63) is 23.9 Å². The molecule has 6 heteroatoms. The van der Waals surface area contributed by atoms with Crippen LogP contribution < -0.4 is 5.32 Å². The number of amides is 1. The van der Waals surface area contributed by atoms with Gasteiger partial charge in [0.2, 0.25) is 5.91 Å². The first-order chi connectivity index (χ1) is 9.38. The molecule has 1 heterocycles. The van der Waals surface area contributed by atoms with Gasteiger partial charge in [-0.2, -0.15) is 13.2 Å². The van der Waals surface area contributed by atoms with Crippen molar-refractivity contribution in [2.75, 3.05) is 5.32 Å². The van der Waals surface area contributed by atoms with Gasteiger partial charge in [0, 0.05) is 11.6 Å². The number of anilines is 1. The van der Waals surface area contributed by atoms with E-state index < -0.39 is 23.9 Å². The van der Waals surface area contributed by atoms with Gasteiger partial charge in [0.15, 0.2) is 0 Å². The van der Waals surface area contributed by atoms with Crippen molar-refractivity contribution >= 4 is 11.7 Å². The fraction of sp³-hybridized carbons (Fsp3) is 0.571. The molecule has 1 fully saturated rings. The summed E-state index contributed by atoms with van der Waals surface area (Å²) in [6, 6.07) is 5.05. The van der Waals surface area contributed by atoms with Crippen molar-refractivity contribution in [1.29, 1.82) is 0 Å². The van der Waals surface area contributed by atoms with Gasteiger partial charge in [0.1, 0.15) is 5.82 Å². The Hall–Kier alpha value is -1.59. The first-order valence-electron chi connectivity index (χ1n) is 6.69. The quantitative estimate of drug-likeness (QED) is 0.900. The Bertz CT molecular complexity index is 488. The van der Waals surface area contributed by atoms with E-state index in [0.717, 1.165) is 0 Å². The predicted octanol–water partition coefficient (Wildman–Crippen LogP) is 3.70. The van der Waals surface area contributed by atoms with Gasteiger partial charge in [-0.3, -0.25) is 4.79 Å². The zero-order valence-electron chi connectivity index (χ0n) is 11.2. The maximum absolute atomic E-state index is 13.0. The van der Waals surface area contributed by atoms with E-state index in [0.29, 0.717) is 24.4 Å². The second-order valence-electron chi connectivity index (χ2n) is 5.19. The van der Waals surface area contributed by atoms with E-state index in [1.807, 2.05) is 0 Å². The minimum atomic E-state index is -4.32. The summed E-state index contributed by atoms with van der Waals surface area (Å²) in [5.41, 5.74) is 0.707. The summed E-state index contributed by atoms with van der Waals surface area (Å²) in [5, 5.41) is 2.50. The molecule has 1 aromatic rings. The zero-order chi connectivity index (χ0) is 14.8. The highest BCUT2D eigenvalue weighted by Crippen LogP contribution is 2.41. The SMILES string of the molecule is Cc1cccc(NC(=O)C2CCCCC2C(F)(F)F)n1. The molecular weight excluding hydrogens is 269 g/mol. The largest absolute Gasteiger partial charge is 0.392 e. The van der Waals surface area contributed by atoms with Crippen LogP contribution >= 0.6 is 0 Å². The Balaban J connectivity index is 2.10. The van der Waals surface area contributed by atoms with E-state index in [-0.39, 0.29) is 12.8 Å². The molecule has 2 unspecified atom stereocenters. The summed E-state index contributed by atoms with van der Waals surface area (Å²) >= 11 is 0. The average molecular weight is 286 g/mol. The molecule has 1 aromatic heterocycles. The van der Waals surface area contributed by atoms with Gasteiger partial charge in [0.05, 0.1) is 5.92 Å². The molecule has 1 aliphatic carbocycles. The number of alkyl halides is 3. The molecule has 3 nitrogen and oxygen atoms in total. The number of aromatic nitrogens is 1. The Morgan fingerprint density at radius 1 is 1.30 bits per heavy atom. The van der Waals surface area contributed by atoms with E-state index >= 15 is 0 Å². The maximum atomic E-state index is 13.0. The van der Waals surface area contributed by atoms with Crippen molar-refractivity contribution in [2.24, 2.45) is 11.8 Å². The standard InChI is InChI=1S/C14H17F3N2O/c1-9-5-4-8-12(18-9)19-13(20)10-6-2-3-7-11(10)14(15,16)17/h4-5,8,10-11H,2-3,6-7H2,1H3,(H,18,19,20). The molecular formula is C14H17F3N2O. The molecule has 0 radical (unpaired) electrons. The fourth-order valence-corrected chi connectivity index (χ4v) is 2.67. The van der Waals surface area contributed by atoms with E-state index in [1.54, 1.807) is 25.1 Å². The van der Waals surface area contributed by atoms with Crippen LogP contribution in [0, 0.1) is 18.8 Å². The molecule has 1 amide bonds. The van der Waals surface area contributed by atoms with Crippen LogP contribution in [-0.2, 0) is 4.79 Å². The highest BCUT2D eigenvalue weighted by molar-refractivity contribution is 5.92. The van der Waals surface area contributed by atoms with Gasteiger partial charge in [-0.1, -0.05) is 18.9 Å². The van der Waals surface area contributed by atoms with Gasteiger partial charge < -0.3 is 5.32 Å². The number of nitrogens with one attached hydrogen (secondary N) is 1. The molecule has 0 bridgehead atoms. The Labute approximate surface area is 115 Å². The normalized spacial score (nSPS) is 23.4. The highest BCUT2D eigenvalue weighted by atomic mass is 19.4. The summed E-state index contributed by atoms with van der Waals surface area (Å²) in [7, 11) is 0. The number of pyridine rings is 1. The number of carbonyl (C=O) groups excluding carboxylic acids is 1. The minimum Gasteiger partial charge on any atom is -0.310 e. The molecule has 0 saturated heterocycles. The van der Waals surface area contributed by atoms with Crippen LogP contribution in [-0.4, -0.2) is 17.1 Å². The first-order valence-corrected chi connectivity index (χ1v) is 6.69. The van der Waals surface area contributed by atoms with Crippen LogP contribution in [0.3, 0.4) is 0 Å². The molecule has 0 aliphatic heterocycles. The number of aryl methyl sites for hydroxylation is 1. The van der Waals surface area contributed by atoms with Crippen molar-refractivity contribution in [3.63, 3.8) is 0 Å². The van der Waals surface area contributed by atoms with Crippen LogP contribution in [0.5, 0.6) is 0 Å². The number of nitrogens with zero attached hydrogens (tertiary/aromatic N) is 1. The van der Waals surface area contributed by atoms with Crippen molar-refractivity contribution in [1.82, 2.24) is 4.98 Å². The van der Waals surface area contributed by atoms with Gasteiger partial charge in [-0.25, -0.2) is 4.98 Å². The number of hydrogen-bond acceptors (Lipinski definition) is 2. The second kappa shape index (κ2) is 5.81. The number of rotatable bonds is 2. The molecule has 2 atom stereocenters. The summed E-state index contributed by atoms with van der Waals surface area (Å²) in [4.78, 5) is 16.2. The third-order valence-electron chi connectivity index (χ3n) is 3.66. The van der Waals surface area contributed by atoms with Crippen molar-refractivity contribution in [2.45, 2.75) is 38.8 Å². The van der Waals surface area contributed by atoms with Gasteiger partial charge >= 0.3 is 6.18 Å². The van der Waals surface area contributed by atoms with Crippen LogP contribution in [0.15, 0.2) is 18.2 Å². The third kappa shape index (κ3) is 3.49. The lowest BCUT2D eigenvalue weighted by atomic mass is 9.78. The van der Waals surface area contributed by atoms with Gasteiger partial charge in [-0.05, 0) is 31.9 Å². The number of halogens is 3. The van der Waals surface area contributed by atoms with E-state index in [1.165, 1.54) is 0 Å². The number of hydrogen-bond donors (Lipinski definition) is 1. The molecule has 1 aliphatic rings. The molecule has 2 rings (SSSR count). The van der Waals surface area contributed by atoms with Gasteiger partial charge in [-0.15, -0.1) is 0 Å². The topological polar surface area (TPSA) is 42.0 Å². The maximum Gasteiger partial charge on any atom is 0.392 e. The van der Waals surface area contributed by atoms with Crippen LogP contribution in [0.25, 0.3) is 0 Å². The summed E-state index contributed by atoms with van der Waals surface area (Å²) in [6.07, 6.45) is -2.82. The molecule has 1 N–H and O–H groups in total. The third-order valence-corrected chi connectivity index (χ3v) is 3.66. The average Bonchev–Trinajstić information content (AvgIpc) is 2.37. The lowest BCUT2D eigenvalue weighted by molar-refractivity contribution is -0.197. The van der Waals surface area contributed by atoms with E-state index in [9.17, 15) is 18.0 Å². The minimum absolute atomic E-state index is 0.0306. The highest BCUT2D eigenvalue weighted by Gasteiger charge is 2.48. The summed E-state index contributed by atoms with van der Waals surface area (Å²) in [6.45, 7) is 1.76. The summed E-state index contributed by atoms with van der Waals surface area (Å²) < 4.78 is 38.9. The zero-order valence-corrected chi connectivity index (χ0v) is 11.2. The van der Waals surface area contributed by atoms with Crippen LogP contribution in [0.4, 0.5) is 19.0 Å². The van der Waals surface area contributed by atoms with E-state index in [4.69, 9.17) is 0 Å². The lowest BCUT2D eigenvalue weighted by Crippen LogP contribution is -2.39. The predicted molar refractivity (Wildman–Crippen MR) is 69.1 cm³/mol. The fourth-order valence-electron chi connectivity index (χ4n) is 2.67. The molecule has 110 valence electrons. The Kier molecular flexibility index (Phi) is 4.30. The monoisotopic (exact) mass is 286 g/mol. The smallest absolute Gasteiger partial charge is 0.310 e. The number of carbonyl (C=O) groups is 1. The summed E-state index contributed by atoms with van der Waals surface area (Å²) in [5.74, 6) is -2.82. The van der Waals surface area contributed by atoms with Crippen LogP contribution in [0.1, 0.15) is 31.4 Å². The second-order valence-corrected chi connectivity index (χ2v) is 5.19. The van der Waals surface area contributed by atoms with Gasteiger partial charge in [0.25, 0.3) is 0 Å². The first kappa shape index (κ1) is 14.8. The van der Waals surface area contributed by atoms with Crippen molar-refractivity contribution < 1.29 is 18.0 Å². The van der Waals surface area contributed by atoms with Crippen LogP contribution in [0.2, 0.25) is 0 Å². The molecule has 0 spiro atoms. The van der Waals surface area contributed by atoms with Crippen molar-refractivity contribution in [3.8, 4) is 0 Å². The molecule has 20 heavy (non-hydrogen) atoms. The molecule has 1 saturated carbocycles. The Morgan fingerprint density at radius 3 is 2.65 bits per heavy atom. The Morgan fingerprint density at radius 2 is 2.00 bits per heavy atom. The van der Waals surface area contributed by atoms with E-state index in [2.05, 4.69) is 10.3 Å². The molecule has 0 aromatic carbocycles. The lowest BCUT2D eigenvalue weighted by Gasteiger charge is -2.31.